The number of rotatable bonds is 8. The summed E-state index contributed by atoms with van der Waals surface area (Å²) in [5, 5.41) is 14.8. The van der Waals surface area contributed by atoms with Crippen molar-refractivity contribution in [3.8, 4) is 17.1 Å². The number of hydrogen-bond acceptors (Lipinski definition) is 7. The summed E-state index contributed by atoms with van der Waals surface area (Å²) in [6.45, 7) is 1.98. The van der Waals surface area contributed by atoms with Crippen molar-refractivity contribution in [2.45, 2.75) is 95.1 Å². The molecule has 1 amide bonds. The third-order valence-electron chi connectivity index (χ3n) is 9.12. The number of nitrogens with one attached hydrogen (secondary N) is 1. The van der Waals surface area contributed by atoms with Crippen LogP contribution >= 0.6 is 0 Å². The average molecular weight is 545 g/mol. The van der Waals surface area contributed by atoms with E-state index in [0.717, 1.165) is 85.3 Å². The molecule has 3 saturated carbocycles. The van der Waals surface area contributed by atoms with Crippen molar-refractivity contribution < 1.29 is 19.1 Å². The van der Waals surface area contributed by atoms with Gasteiger partial charge < -0.3 is 19.6 Å². The first-order valence-corrected chi connectivity index (χ1v) is 14.9. The number of amides is 1. The molecule has 6 rings (SSSR count). The highest BCUT2D eigenvalue weighted by Crippen LogP contribution is 2.43. The normalized spacial score (nSPS) is 24.4. The lowest BCUT2D eigenvalue weighted by Gasteiger charge is -2.38. The van der Waals surface area contributed by atoms with Gasteiger partial charge in [0.1, 0.15) is 12.0 Å². The molecule has 8 nitrogen and oxygen atoms in total. The Labute approximate surface area is 236 Å². The Morgan fingerprint density at radius 1 is 1.10 bits per heavy atom. The van der Waals surface area contributed by atoms with Gasteiger partial charge in [0.25, 0.3) is 0 Å². The predicted molar refractivity (Wildman–Crippen MR) is 151 cm³/mol. The van der Waals surface area contributed by atoms with E-state index in [1.54, 1.807) is 19.6 Å². The largest absolute Gasteiger partial charge is 0.481 e. The Kier molecular flexibility index (Phi) is 7.87. The van der Waals surface area contributed by atoms with Gasteiger partial charge in [-0.05, 0) is 81.5 Å². The predicted octanol–water partition coefficient (Wildman–Crippen LogP) is 6.01. The molecule has 0 radical (unpaired) electrons. The summed E-state index contributed by atoms with van der Waals surface area (Å²) in [5.74, 6) is 2.08. The molecule has 4 atom stereocenters. The van der Waals surface area contributed by atoms with Crippen LogP contribution in [0.2, 0.25) is 0 Å². The molecule has 212 valence electrons. The van der Waals surface area contributed by atoms with Crippen LogP contribution in [0.25, 0.3) is 11.3 Å². The number of aromatic nitrogens is 3. The van der Waals surface area contributed by atoms with Crippen molar-refractivity contribution >= 4 is 5.91 Å². The molecule has 3 aromatic rings. The highest BCUT2D eigenvalue weighted by molar-refractivity contribution is 5.79. The van der Waals surface area contributed by atoms with Gasteiger partial charge in [-0.15, -0.1) is 0 Å². The zero-order valence-electron chi connectivity index (χ0n) is 23.5. The standard InChI is InChI=1S/C32H40N4O4/c1-19-14-24(17-34-31(19)39-2)25-11-10-23(16-28(25)37)29(36-30(38)20-6-4-3-5-7-20)26-15-22(12-13-33-26)27-18-40-32(35-27)21-8-9-21/h12-15,17-18,20-21,23,25,28-29,37H,3-11,16H2,1-2H3,(H,36,38). The molecule has 40 heavy (non-hydrogen) atoms. The van der Waals surface area contributed by atoms with Gasteiger partial charge >= 0.3 is 0 Å². The van der Waals surface area contributed by atoms with Gasteiger partial charge in [0, 0.05) is 41.3 Å². The number of pyridine rings is 2. The van der Waals surface area contributed by atoms with Crippen LogP contribution in [0.5, 0.6) is 5.88 Å². The molecule has 3 aromatic heterocycles. The minimum atomic E-state index is -0.540. The van der Waals surface area contributed by atoms with Crippen molar-refractivity contribution in [1.29, 1.82) is 0 Å². The van der Waals surface area contributed by atoms with E-state index in [2.05, 4.69) is 16.4 Å². The fraction of sp³-hybridized carbons (Fsp3) is 0.562. The number of methoxy groups -OCH3 is 1. The van der Waals surface area contributed by atoms with E-state index in [-0.39, 0.29) is 29.7 Å². The van der Waals surface area contributed by atoms with E-state index >= 15 is 0 Å². The molecule has 3 aliphatic carbocycles. The molecule has 0 aliphatic heterocycles. The average Bonchev–Trinajstić information content (AvgIpc) is 3.72. The Hall–Kier alpha value is -3.26. The first-order chi connectivity index (χ1) is 19.5. The van der Waals surface area contributed by atoms with Crippen LogP contribution < -0.4 is 10.1 Å². The number of carbonyl (C=O) groups excluding carboxylic acids is 1. The Morgan fingerprint density at radius 2 is 1.93 bits per heavy atom. The number of aliphatic hydroxyl groups is 1. The number of carbonyl (C=O) groups is 1. The molecule has 0 bridgehead atoms. The fourth-order valence-corrected chi connectivity index (χ4v) is 6.66. The van der Waals surface area contributed by atoms with Crippen LogP contribution in [0.15, 0.2) is 41.3 Å². The molecule has 2 N–H and O–H groups in total. The molecule has 3 aliphatic rings. The molecule has 3 heterocycles. The molecule has 0 aromatic carbocycles. The quantitative estimate of drug-likeness (QED) is 0.357. The van der Waals surface area contributed by atoms with E-state index in [9.17, 15) is 9.90 Å². The van der Waals surface area contributed by atoms with E-state index in [1.165, 1.54) is 6.42 Å². The van der Waals surface area contributed by atoms with Crippen LogP contribution in [0.1, 0.15) is 105 Å². The van der Waals surface area contributed by atoms with Crippen molar-refractivity contribution in [2.24, 2.45) is 11.8 Å². The lowest BCUT2D eigenvalue weighted by atomic mass is 9.73. The third-order valence-corrected chi connectivity index (χ3v) is 9.12. The summed E-state index contributed by atoms with van der Waals surface area (Å²) < 4.78 is 11.1. The van der Waals surface area contributed by atoms with E-state index in [0.29, 0.717) is 18.2 Å². The number of aryl methyl sites for hydroxylation is 1. The highest BCUT2D eigenvalue weighted by Gasteiger charge is 2.37. The van der Waals surface area contributed by atoms with E-state index in [4.69, 9.17) is 19.1 Å². The SMILES string of the molecule is COc1ncc(C2CCC(C(NC(=O)C3CCCCC3)c3cc(-c4coc(C5CC5)n4)ccn3)CC2O)cc1C. The first-order valence-electron chi connectivity index (χ1n) is 14.9. The van der Waals surface area contributed by atoms with Gasteiger partial charge in [-0.25, -0.2) is 9.97 Å². The number of nitrogens with zero attached hydrogens (tertiary/aromatic N) is 3. The summed E-state index contributed by atoms with van der Waals surface area (Å²) in [6, 6.07) is 5.77. The number of oxazole rings is 1. The Bertz CT molecular complexity index is 1330. The highest BCUT2D eigenvalue weighted by atomic mass is 16.5. The van der Waals surface area contributed by atoms with Gasteiger partial charge in [0.2, 0.25) is 11.8 Å². The van der Waals surface area contributed by atoms with E-state index in [1.807, 2.05) is 25.3 Å². The summed E-state index contributed by atoms with van der Waals surface area (Å²) in [5.41, 5.74) is 4.55. The van der Waals surface area contributed by atoms with Crippen molar-refractivity contribution in [1.82, 2.24) is 20.3 Å². The van der Waals surface area contributed by atoms with Crippen molar-refractivity contribution in [3.05, 3.63) is 59.6 Å². The maximum Gasteiger partial charge on any atom is 0.223 e. The lowest BCUT2D eigenvalue weighted by molar-refractivity contribution is -0.127. The van der Waals surface area contributed by atoms with Crippen LogP contribution in [0.4, 0.5) is 0 Å². The van der Waals surface area contributed by atoms with Crippen LogP contribution in [0, 0.1) is 18.8 Å². The smallest absolute Gasteiger partial charge is 0.223 e. The molecular weight excluding hydrogens is 504 g/mol. The van der Waals surface area contributed by atoms with Crippen molar-refractivity contribution in [3.63, 3.8) is 0 Å². The van der Waals surface area contributed by atoms with E-state index < -0.39 is 6.10 Å². The second-order valence-electron chi connectivity index (χ2n) is 12.0. The van der Waals surface area contributed by atoms with Gasteiger partial charge in [0.05, 0.1) is 24.9 Å². The minimum Gasteiger partial charge on any atom is -0.481 e. The fourth-order valence-electron chi connectivity index (χ4n) is 6.66. The summed E-state index contributed by atoms with van der Waals surface area (Å²) in [6.07, 6.45) is 14.6. The second-order valence-corrected chi connectivity index (χ2v) is 12.0. The molecule has 0 saturated heterocycles. The Morgan fingerprint density at radius 3 is 2.65 bits per heavy atom. The molecule has 8 heteroatoms. The molecular formula is C32H40N4O4. The number of aliphatic hydroxyl groups excluding tert-OH is 1. The summed E-state index contributed by atoms with van der Waals surface area (Å²) in [7, 11) is 1.62. The molecule has 0 spiro atoms. The molecule has 4 unspecified atom stereocenters. The molecule has 3 fully saturated rings. The second kappa shape index (κ2) is 11.7. The monoisotopic (exact) mass is 544 g/mol. The van der Waals surface area contributed by atoms with Gasteiger partial charge in [-0.2, -0.15) is 0 Å². The number of hydrogen-bond donors (Lipinski definition) is 2. The van der Waals surface area contributed by atoms with Crippen LogP contribution in [-0.2, 0) is 4.79 Å². The van der Waals surface area contributed by atoms with Crippen LogP contribution in [0.3, 0.4) is 0 Å². The van der Waals surface area contributed by atoms with Gasteiger partial charge in [-0.1, -0.05) is 19.3 Å². The zero-order valence-corrected chi connectivity index (χ0v) is 23.5. The lowest BCUT2D eigenvalue weighted by Crippen LogP contribution is -2.41. The van der Waals surface area contributed by atoms with Crippen molar-refractivity contribution in [2.75, 3.05) is 7.11 Å². The Balaban J connectivity index is 1.24. The topological polar surface area (TPSA) is 110 Å². The van der Waals surface area contributed by atoms with Gasteiger partial charge in [-0.3, -0.25) is 9.78 Å². The van der Waals surface area contributed by atoms with Gasteiger partial charge in [0.15, 0.2) is 5.89 Å². The summed E-state index contributed by atoms with van der Waals surface area (Å²) in [4.78, 5) is 27.4. The summed E-state index contributed by atoms with van der Waals surface area (Å²) >= 11 is 0. The first kappa shape index (κ1) is 26.9. The third kappa shape index (κ3) is 5.78. The maximum atomic E-state index is 13.5. The maximum absolute atomic E-state index is 13.5. The minimum absolute atomic E-state index is 0.00155. The van der Waals surface area contributed by atoms with Crippen LogP contribution in [-0.4, -0.2) is 39.2 Å². The zero-order chi connectivity index (χ0) is 27.6. The number of ether oxygens (including phenoxy) is 1.